The molecule has 0 bridgehead atoms. The number of aliphatic hydroxyl groups is 1. The number of ether oxygens (including phenoxy) is 2. The van der Waals surface area contributed by atoms with Gasteiger partial charge in [-0.3, -0.25) is 4.79 Å². The maximum atomic E-state index is 12.6. The number of hydrogen-bond acceptors (Lipinski definition) is 5. The third kappa shape index (κ3) is 3.73. The summed E-state index contributed by atoms with van der Waals surface area (Å²) in [6.45, 7) is 10.2. The molecule has 3 rings (SSSR count). The lowest BCUT2D eigenvalue weighted by molar-refractivity contribution is -0.149. The van der Waals surface area contributed by atoms with Crippen LogP contribution in [0.1, 0.15) is 83.8 Å². The average molecular weight is 391 g/mol. The molecule has 5 nitrogen and oxygen atoms in total. The second kappa shape index (κ2) is 7.58. The number of benzene rings is 1. The first-order valence-corrected chi connectivity index (χ1v) is 10.5. The summed E-state index contributed by atoms with van der Waals surface area (Å²) in [5, 5.41) is 21.1. The second-order valence-electron chi connectivity index (χ2n) is 9.41. The lowest BCUT2D eigenvalue weighted by Crippen LogP contribution is -2.47. The number of aromatic hydroxyl groups is 1. The van der Waals surface area contributed by atoms with Crippen molar-refractivity contribution in [3.05, 3.63) is 23.3 Å². The predicted octanol–water partition coefficient (Wildman–Crippen LogP) is 4.43. The van der Waals surface area contributed by atoms with Crippen LogP contribution in [0, 0.1) is 5.92 Å². The summed E-state index contributed by atoms with van der Waals surface area (Å²) in [6.07, 6.45) is 3.70. The number of esters is 1. The third-order valence-corrected chi connectivity index (χ3v) is 6.54. The van der Waals surface area contributed by atoms with Crippen LogP contribution in [-0.4, -0.2) is 34.5 Å². The van der Waals surface area contributed by atoms with Gasteiger partial charge in [0.25, 0.3) is 0 Å². The minimum absolute atomic E-state index is 0.0520. The van der Waals surface area contributed by atoms with Crippen LogP contribution in [0.5, 0.6) is 11.5 Å². The molecule has 156 valence electrons. The zero-order valence-electron chi connectivity index (χ0n) is 17.7. The van der Waals surface area contributed by atoms with E-state index in [0.29, 0.717) is 24.3 Å². The number of carbonyl (C=O) groups excluding carboxylic acids is 1. The number of phenolic OH excluding ortho intramolecular Hbond substituents is 1. The summed E-state index contributed by atoms with van der Waals surface area (Å²) in [6, 6.07) is 3.54. The maximum absolute atomic E-state index is 12.6. The van der Waals surface area contributed by atoms with E-state index < -0.39 is 11.0 Å². The fraction of sp³-hybridized carbons (Fsp3) is 0.696. The quantitative estimate of drug-likeness (QED) is 0.575. The minimum Gasteiger partial charge on any atom is -0.508 e. The van der Waals surface area contributed by atoms with Gasteiger partial charge in [0.1, 0.15) is 17.1 Å². The molecule has 1 aromatic rings. The number of unbranched alkanes of at least 4 members (excludes halogenated alkanes) is 1. The van der Waals surface area contributed by atoms with Crippen LogP contribution in [0.4, 0.5) is 0 Å². The van der Waals surface area contributed by atoms with Crippen molar-refractivity contribution >= 4 is 5.97 Å². The molecular weight excluding hydrogens is 356 g/mol. The van der Waals surface area contributed by atoms with Crippen molar-refractivity contribution in [3.8, 4) is 11.5 Å². The fourth-order valence-electron chi connectivity index (χ4n) is 4.70. The first kappa shape index (κ1) is 21.0. The van der Waals surface area contributed by atoms with E-state index in [1.54, 1.807) is 6.07 Å². The number of fused-ring (bicyclic) bond motifs is 3. The van der Waals surface area contributed by atoms with Gasteiger partial charge in [0.15, 0.2) is 0 Å². The molecule has 2 N–H and O–H groups in total. The molecular formula is C23H34O5. The monoisotopic (exact) mass is 390 g/mol. The van der Waals surface area contributed by atoms with Crippen molar-refractivity contribution in [2.45, 2.75) is 89.8 Å². The van der Waals surface area contributed by atoms with E-state index >= 15 is 0 Å². The first-order valence-electron chi connectivity index (χ1n) is 10.5. The van der Waals surface area contributed by atoms with Crippen LogP contribution < -0.4 is 4.74 Å². The van der Waals surface area contributed by atoms with Gasteiger partial charge in [0.05, 0.1) is 18.1 Å². The molecule has 1 aromatic carbocycles. The molecule has 2 aliphatic rings. The molecule has 0 amide bonds. The topological polar surface area (TPSA) is 76.0 Å². The van der Waals surface area contributed by atoms with Gasteiger partial charge in [-0.25, -0.2) is 0 Å². The SMILES string of the molecule is CCCCOC(=O)C(C)(C)c1cc(O)c2c(c1)OC(C)(C)C1CC[C@@H](O)C[C@@H]21. The molecule has 0 aromatic heterocycles. The van der Waals surface area contributed by atoms with E-state index in [2.05, 4.69) is 20.8 Å². The van der Waals surface area contributed by atoms with Gasteiger partial charge < -0.3 is 19.7 Å². The van der Waals surface area contributed by atoms with Crippen LogP contribution in [0.3, 0.4) is 0 Å². The van der Waals surface area contributed by atoms with Crippen molar-refractivity contribution in [1.29, 1.82) is 0 Å². The highest BCUT2D eigenvalue weighted by Gasteiger charge is 2.48. The lowest BCUT2D eigenvalue weighted by Gasteiger charge is -2.48. The molecule has 1 fully saturated rings. The number of rotatable bonds is 5. The van der Waals surface area contributed by atoms with E-state index in [-0.39, 0.29) is 29.7 Å². The zero-order valence-corrected chi connectivity index (χ0v) is 17.7. The summed E-state index contributed by atoms with van der Waals surface area (Å²) < 4.78 is 11.8. The van der Waals surface area contributed by atoms with Crippen molar-refractivity contribution in [2.75, 3.05) is 6.61 Å². The summed E-state index contributed by atoms with van der Waals surface area (Å²) in [4.78, 5) is 12.6. The van der Waals surface area contributed by atoms with E-state index in [4.69, 9.17) is 9.47 Å². The Bertz CT molecular complexity index is 737. The van der Waals surface area contributed by atoms with Crippen LogP contribution >= 0.6 is 0 Å². The van der Waals surface area contributed by atoms with Gasteiger partial charge >= 0.3 is 5.97 Å². The number of aliphatic hydroxyl groups excluding tert-OH is 1. The maximum Gasteiger partial charge on any atom is 0.315 e. The molecule has 0 spiro atoms. The highest BCUT2D eigenvalue weighted by atomic mass is 16.5. The largest absolute Gasteiger partial charge is 0.508 e. The molecule has 1 heterocycles. The standard InChI is InChI=1S/C23H34O5/c1-6-7-10-27-21(26)22(2,3)14-11-18(25)20-16-13-15(24)8-9-17(16)23(4,5)28-19(20)12-14/h11-12,15-17,24-25H,6-10,13H2,1-5H3/t15-,16-,17?/m1/s1. The number of carbonyl (C=O) groups is 1. The fourth-order valence-corrected chi connectivity index (χ4v) is 4.70. The molecule has 0 radical (unpaired) electrons. The van der Waals surface area contributed by atoms with Gasteiger partial charge in [0.2, 0.25) is 0 Å². The van der Waals surface area contributed by atoms with E-state index in [1.165, 1.54) is 0 Å². The number of phenols is 1. The van der Waals surface area contributed by atoms with Crippen molar-refractivity contribution in [3.63, 3.8) is 0 Å². The first-order chi connectivity index (χ1) is 13.1. The highest BCUT2D eigenvalue weighted by Crippen LogP contribution is 2.55. The molecule has 3 atom stereocenters. The second-order valence-corrected chi connectivity index (χ2v) is 9.41. The molecule has 1 aliphatic carbocycles. The summed E-state index contributed by atoms with van der Waals surface area (Å²) >= 11 is 0. The Hall–Kier alpha value is -1.75. The van der Waals surface area contributed by atoms with E-state index in [9.17, 15) is 15.0 Å². The molecule has 0 saturated heterocycles. The molecule has 1 aliphatic heterocycles. The Morgan fingerprint density at radius 3 is 2.71 bits per heavy atom. The van der Waals surface area contributed by atoms with Crippen molar-refractivity contribution in [1.82, 2.24) is 0 Å². The molecule has 5 heteroatoms. The Morgan fingerprint density at radius 2 is 2.04 bits per heavy atom. The smallest absolute Gasteiger partial charge is 0.315 e. The van der Waals surface area contributed by atoms with Crippen LogP contribution in [0.15, 0.2) is 12.1 Å². The molecule has 28 heavy (non-hydrogen) atoms. The van der Waals surface area contributed by atoms with Crippen LogP contribution in [-0.2, 0) is 14.9 Å². The van der Waals surface area contributed by atoms with Gasteiger partial charge in [0, 0.05) is 17.4 Å². The Labute approximate surface area is 168 Å². The van der Waals surface area contributed by atoms with Crippen molar-refractivity contribution in [2.24, 2.45) is 5.92 Å². The highest BCUT2D eigenvalue weighted by molar-refractivity contribution is 5.82. The number of hydrogen-bond donors (Lipinski definition) is 2. The lowest BCUT2D eigenvalue weighted by atomic mass is 9.65. The molecule has 1 saturated carbocycles. The van der Waals surface area contributed by atoms with Gasteiger partial charge in [-0.1, -0.05) is 13.3 Å². The van der Waals surface area contributed by atoms with E-state index in [0.717, 1.165) is 31.2 Å². The summed E-state index contributed by atoms with van der Waals surface area (Å²) in [5.74, 6) is 0.746. The summed E-state index contributed by atoms with van der Waals surface area (Å²) in [5.41, 5.74) is 0.156. The van der Waals surface area contributed by atoms with Crippen LogP contribution in [0.25, 0.3) is 0 Å². The Balaban J connectivity index is 1.97. The Kier molecular flexibility index (Phi) is 5.68. The van der Waals surface area contributed by atoms with Gasteiger partial charge in [-0.2, -0.15) is 0 Å². The van der Waals surface area contributed by atoms with Gasteiger partial charge in [-0.15, -0.1) is 0 Å². The predicted molar refractivity (Wildman–Crippen MR) is 108 cm³/mol. The normalized spacial score (nSPS) is 26.0. The average Bonchev–Trinajstić information content (AvgIpc) is 2.60. The molecule has 1 unspecified atom stereocenters. The Morgan fingerprint density at radius 1 is 1.32 bits per heavy atom. The van der Waals surface area contributed by atoms with Gasteiger partial charge in [-0.05, 0) is 71.1 Å². The van der Waals surface area contributed by atoms with E-state index in [1.807, 2.05) is 19.9 Å². The van der Waals surface area contributed by atoms with Crippen molar-refractivity contribution < 1.29 is 24.5 Å². The summed E-state index contributed by atoms with van der Waals surface area (Å²) in [7, 11) is 0. The zero-order chi connectivity index (χ0) is 20.7. The minimum atomic E-state index is -0.892. The third-order valence-electron chi connectivity index (χ3n) is 6.54. The van der Waals surface area contributed by atoms with Crippen LogP contribution in [0.2, 0.25) is 0 Å².